The smallest absolute Gasteiger partial charge is 0.115 e. The number of hydrogen-bond acceptors (Lipinski definition) is 4. The molecule has 0 amide bonds. The standard InChI is InChI=1S/C58H52N2O2/c1-57(2,3)41-21-17-39(18-22-41)55-51-35-29-48(60(44-15-11-8-12-16-44)46-27-33-50(62)34-28-46)38-54(51)56(40-19-23-42(24-20-40)58(4,5)6)52-36-30-47(37-53(52)55)59(43-13-9-7-10-14-43)45-25-31-49(61)32-26-45/h7-38,61-62H,1-6H3. The number of aromatic hydroxyl groups is 2. The molecular formula is C58H52N2O2. The van der Waals surface area contributed by atoms with Gasteiger partial charge in [0.1, 0.15) is 11.5 Å². The van der Waals surface area contributed by atoms with Crippen molar-refractivity contribution in [2.45, 2.75) is 52.4 Å². The minimum absolute atomic E-state index is 0.00321. The van der Waals surface area contributed by atoms with Crippen LogP contribution in [0.4, 0.5) is 34.1 Å². The lowest BCUT2D eigenvalue weighted by Crippen LogP contribution is -2.11. The summed E-state index contributed by atoms with van der Waals surface area (Å²) in [4.78, 5) is 4.51. The number of rotatable bonds is 8. The molecule has 0 atom stereocenters. The molecule has 0 aliphatic carbocycles. The minimum atomic E-state index is 0.00321. The Morgan fingerprint density at radius 1 is 0.306 bits per heavy atom. The van der Waals surface area contributed by atoms with E-state index in [0.29, 0.717) is 0 Å². The first-order valence-electron chi connectivity index (χ1n) is 21.4. The number of nitrogens with zero attached hydrogens (tertiary/aromatic N) is 2. The Balaban J connectivity index is 1.39. The molecule has 9 rings (SSSR count). The number of anilines is 6. The van der Waals surface area contributed by atoms with Crippen LogP contribution in [0.1, 0.15) is 52.7 Å². The Bertz CT molecular complexity index is 2790. The van der Waals surface area contributed by atoms with Crippen molar-refractivity contribution in [1.29, 1.82) is 0 Å². The first-order chi connectivity index (χ1) is 29.8. The van der Waals surface area contributed by atoms with Gasteiger partial charge in [-0.2, -0.15) is 0 Å². The highest BCUT2D eigenvalue weighted by Gasteiger charge is 2.23. The van der Waals surface area contributed by atoms with Crippen molar-refractivity contribution in [3.63, 3.8) is 0 Å². The summed E-state index contributed by atoms with van der Waals surface area (Å²) in [5.41, 5.74) is 13.1. The molecule has 9 aromatic rings. The fourth-order valence-electron chi connectivity index (χ4n) is 8.63. The third-order valence-corrected chi connectivity index (χ3v) is 11.9. The van der Waals surface area contributed by atoms with E-state index in [9.17, 15) is 10.2 Å². The lowest BCUT2D eigenvalue weighted by Gasteiger charge is -2.28. The number of para-hydroxylation sites is 2. The molecule has 0 unspecified atom stereocenters. The van der Waals surface area contributed by atoms with E-state index in [-0.39, 0.29) is 22.3 Å². The quantitative estimate of drug-likeness (QED) is 0.150. The van der Waals surface area contributed by atoms with Crippen LogP contribution < -0.4 is 9.80 Å². The zero-order valence-corrected chi connectivity index (χ0v) is 36.3. The van der Waals surface area contributed by atoms with Crippen LogP contribution in [0.25, 0.3) is 43.8 Å². The Morgan fingerprint density at radius 2 is 0.613 bits per heavy atom. The molecule has 0 heterocycles. The van der Waals surface area contributed by atoms with Crippen LogP contribution in [0.15, 0.2) is 194 Å². The van der Waals surface area contributed by atoms with E-state index < -0.39 is 0 Å². The van der Waals surface area contributed by atoms with Gasteiger partial charge in [0, 0.05) is 34.1 Å². The number of fused-ring (bicyclic) bond motifs is 2. The summed E-state index contributed by atoms with van der Waals surface area (Å²) in [6.45, 7) is 13.6. The molecule has 4 heteroatoms. The van der Waals surface area contributed by atoms with Gasteiger partial charge in [0.2, 0.25) is 0 Å². The van der Waals surface area contributed by atoms with Gasteiger partial charge in [0.15, 0.2) is 0 Å². The molecule has 4 nitrogen and oxygen atoms in total. The summed E-state index contributed by atoms with van der Waals surface area (Å²) in [5.74, 6) is 0.455. The molecule has 0 saturated heterocycles. The molecular weight excluding hydrogens is 757 g/mol. The van der Waals surface area contributed by atoms with Gasteiger partial charge in [-0.3, -0.25) is 0 Å². The van der Waals surface area contributed by atoms with Crippen LogP contribution in [0, 0.1) is 0 Å². The maximum Gasteiger partial charge on any atom is 0.115 e. The van der Waals surface area contributed by atoms with Crippen LogP contribution >= 0.6 is 0 Å². The molecule has 0 aliphatic rings. The topological polar surface area (TPSA) is 46.9 Å². The Kier molecular flexibility index (Phi) is 10.3. The second kappa shape index (κ2) is 15.9. The summed E-state index contributed by atoms with van der Waals surface area (Å²) in [5, 5.41) is 25.2. The number of phenolic OH excluding ortho intramolecular Hbond substituents is 2. The van der Waals surface area contributed by atoms with Gasteiger partial charge in [-0.05, 0) is 163 Å². The van der Waals surface area contributed by atoms with Crippen LogP contribution in [-0.4, -0.2) is 10.2 Å². The molecule has 9 aromatic carbocycles. The summed E-state index contributed by atoms with van der Waals surface area (Å²) in [6.07, 6.45) is 0. The van der Waals surface area contributed by atoms with Crippen molar-refractivity contribution in [2.24, 2.45) is 0 Å². The lowest BCUT2D eigenvalue weighted by molar-refractivity contribution is 0.475. The maximum absolute atomic E-state index is 10.3. The molecule has 0 radical (unpaired) electrons. The first-order valence-corrected chi connectivity index (χ1v) is 21.4. The SMILES string of the molecule is CC(C)(C)c1ccc(-c2c3ccc(N(c4ccccc4)c4ccc(O)cc4)cc3c(-c3ccc(C(C)(C)C)cc3)c3ccc(N(c4ccccc4)c4ccc(O)cc4)cc23)cc1. The second-order valence-corrected chi connectivity index (χ2v) is 18.2. The molecule has 0 saturated carbocycles. The average molecular weight is 809 g/mol. The fraction of sp³-hybridized carbons (Fsp3) is 0.138. The van der Waals surface area contributed by atoms with Gasteiger partial charge >= 0.3 is 0 Å². The summed E-state index contributed by atoms with van der Waals surface area (Å²) < 4.78 is 0. The predicted molar refractivity (Wildman–Crippen MR) is 262 cm³/mol. The van der Waals surface area contributed by atoms with Gasteiger partial charge in [-0.1, -0.05) is 139 Å². The van der Waals surface area contributed by atoms with Gasteiger partial charge in [0.05, 0.1) is 0 Å². The van der Waals surface area contributed by atoms with Crippen molar-refractivity contribution >= 4 is 55.7 Å². The van der Waals surface area contributed by atoms with Crippen LogP contribution in [-0.2, 0) is 10.8 Å². The van der Waals surface area contributed by atoms with Crippen LogP contribution in [0.3, 0.4) is 0 Å². The summed E-state index contributed by atoms with van der Waals surface area (Å²) in [7, 11) is 0. The van der Waals surface area contributed by atoms with Crippen LogP contribution in [0.2, 0.25) is 0 Å². The number of hydrogen-bond donors (Lipinski definition) is 2. The highest BCUT2D eigenvalue weighted by atomic mass is 16.3. The molecule has 2 N–H and O–H groups in total. The molecule has 0 bridgehead atoms. The zero-order chi connectivity index (χ0) is 43.2. The second-order valence-electron chi connectivity index (χ2n) is 18.2. The van der Waals surface area contributed by atoms with Crippen molar-refractivity contribution < 1.29 is 10.2 Å². The summed E-state index contributed by atoms with van der Waals surface area (Å²) in [6, 6.07) is 67.7. The van der Waals surface area contributed by atoms with Crippen molar-refractivity contribution in [3.8, 4) is 33.8 Å². The number of benzene rings is 9. The lowest BCUT2D eigenvalue weighted by atomic mass is 9.82. The Morgan fingerprint density at radius 3 is 0.935 bits per heavy atom. The van der Waals surface area contributed by atoms with E-state index >= 15 is 0 Å². The predicted octanol–water partition coefficient (Wildman–Crippen LogP) is 16.3. The highest BCUT2D eigenvalue weighted by molar-refractivity contribution is 6.22. The number of phenols is 2. The largest absolute Gasteiger partial charge is 0.508 e. The van der Waals surface area contributed by atoms with E-state index in [1.54, 1.807) is 24.3 Å². The molecule has 0 aromatic heterocycles. The third kappa shape index (κ3) is 7.76. The van der Waals surface area contributed by atoms with Crippen molar-refractivity contribution in [3.05, 3.63) is 205 Å². The minimum Gasteiger partial charge on any atom is -0.508 e. The molecule has 0 fully saturated rings. The van der Waals surface area contributed by atoms with Gasteiger partial charge in [0.25, 0.3) is 0 Å². The van der Waals surface area contributed by atoms with E-state index in [2.05, 4.69) is 185 Å². The average Bonchev–Trinajstić information content (AvgIpc) is 3.27. The molecule has 0 spiro atoms. The van der Waals surface area contributed by atoms with E-state index in [0.717, 1.165) is 77.9 Å². The molecule has 306 valence electrons. The van der Waals surface area contributed by atoms with E-state index in [1.165, 1.54) is 11.1 Å². The van der Waals surface area contributed by atoms with E-state index in [1.807, 2.05) is 36.4 Å². The fourth-order valence-corrected chi connectivity index (χ4v) is 8.63. The third-order valence-electron chi connectivity index (χ3n) is 11.9. The maximum atomic E-state index is 10.3. The van der Waals surface area contributed by atoms with Crippen molar-refractivity contribution in [2.75, 3.05) is 9.80 Å². The normalized spacial score (nSPS) is 11.8. The van der Waals surface area contributed by atoms with Gasteiger partial charge in [-0.15, -0.1) is 0 Å². The Hall–Kier alpha value is -7.30. The highest BCUT2D eigenvalue weighted by Crippen LogP contribution is 2.49. The molecule has 0 aliphatic heterocycles. The molecule has 62 heavy (non-hydrogen) atoms. The van der Waals surface area contributed by atoms with E-state index in [4.69, 9.17) is 0 Å². The monoisotopic (exact) mass is 808 g/mol. The summed E-state index contributed by atoms with van der Waals surface area (Å²) >= 11 is 0. The van der Waals surface area contributed by atoms with Crippen LogP contribution in [0.5, 0.6) is 11.5 Å². The van der Waals surface area contributed by atoms with Crippen molar-refractivity contribution in [1.82, 2.24) is 0 Å². The van der Waals surface area contributed by atoms with Gasteiger partial charge < -0.3 is 20.0 Å². The Labute approximate surface area is 365 Å². The van der Waals surface area contributed by atoms with Gasteiger partial charge in [-0.25, -0.2) is 0 Å². The first kappa shape index (κ1) is 40.1. The zero-order valence-electron chi connectivity index (χ0n) is 36.3.